The van der Waals surface area contributed by atoms with Gasteiger partial charge in [0.15, 0.2) is 0 Å². The maximum absolute atomic E-state index is 12.6. The van der Waals surface area contributed by atoms with Crippen LogP contribution in [0.2, 0.25) is 0 Å². The van der Waals surface area contributed by atoms with Crippen molar-refractivity contribution >= 4 is 17.2 Å². The fraction of sp³-hybridized carbons (Fsp3) is 0.316. The average Bonchev–Trinajstić information content (AvgIpc) is 3.34. The standard InChI is InChI=1S/C19H21N3O2S/c1-2-3-12-22(19(23)16-10-7-14-25-16)13-11-17-20-18(21-24-17)15-8-5-4-6-9-15/h4-10,14H,2-3,11-13H2,1H3. The van der Waals surface area contributed by atoms with E-state index in [0.29, 0.717) is 24.7 Å². The molecule has 0 saturated heterocycles. The molecular formula is C19H21N3O2S. The topological polar surface area (TPSA) is 59.2 Å². The summed E-state index contributed by atoms with van der Waals surface area (Å²) in [5, 5.41) is 5.96. The fourth-order valence-electron chi connectivity index (χ4n) is 2.51. The van der Waals surface area contributed by atoms with Crippen molar-refractivity contribution in [1.29, 1.82) is 0 Å². The van der Waals surface area contributed by atoms with Crippen LogP contribution in [0.5, 0.6) is 0 Å². The lowest BCUT2D eigenvalue weighted by atomic mass is 10.2. The molecule has 0 spiro atoms. The van der Waals surface area contributed by atoms with Crippen LogP contribution in [0.3, 0.4) is 0 Å². The molecule has 2 heterocycles. The molecule has 25 heavy (non-hydrogen) atoms. The lowest BCUT2D eigenvalue weighted by Gasteiger charge is -2.21. The maximum atomic E-state index is 12.6. The quantitative estimate of drug-likeness (QED) is 0.605. The molecule has 0 N–H and O–H groups in total. The van der Waals surface area contributed by atoms with Gasteiger partial charge in [-0.15, -0.1) is 11.3 Å². The van der Waals surface area contributed by atoms with E-state index in [-0.39, 0.29) is 5.91 Å². The molecule has 3 rings (SSSR count). The van der Waals surface area contributed by atoms with Crippen LogP contribution in [-0.2, 0) is 6.42 Å². The predicted octanol–water partition coefficient (Wildman–Crippen LogP) is 4.28. The molecule has 5 nitrogen and oxygen atoms in total. The highest BCUT2D eigenvalue weighted by Gasteiger charge is 2.17. The van der Waals surface area contributed by atoms with Crippen molar-refractivity contribution in [3.05, 3.63) is 58.6 Å². The van der Waals surface area contributed by atoms with Crippen molar-refractivity contribution in [2.24, 2.45) is 0 Å². The Bertz CT molecular complexity index is 784. The van der Waals surface area contributed by atoms with Crippen molar-refractivity contribution in [2.75, 3.05) is 13.1 Å². The Balaban J connectivity index is 1.65. The van der Waals surface area contributed by atoms with E-state index in [0.717, 1.165) is 29.8 Å². The van der Waals surface area contributed by atoms with Crippen LogP contribution in [0.1, 0.15) is 35.3 Å². The summed E-state index contributed by atoms with van der Waals surface area (Å²) >= 11 is 1.47. The van der Waals surface area contributed by atoms with Crippen LogP contribution >= 0.6 is 11.3 Å². The van der Waals surface area contributed by atoms with Gasteiger partial charge < -0.3 is 9.42 Å². The molecule has 0 aliphatic carbocycles. The third-order valence-corrected chi connectivity index (χ3v) is 4.75. The molecule has 6 heteroatoms. The van der Waals surface area contributed by atoms with Crippen molar-refractivity contribution in [1.82, 2.24) is 15.0 Å². The zero-order valence-corrected chi connectivity index (χ0v) is 15.0. The van der Waals surface area contributed by atoms with E-state index in [1.807, 2.05) is 52.7 Å². The van der Waals surface area contributed by atoms with E-state index < -0.39 is 0 Å². The number of aromatic nitrogens is 2. The third kappa shape index (κ3) is 4.54. The van der Waals surface area contributed by atoms with Gasteiger partial charge in [0.05, 0.1) is 4.88 Å². The Labute approximate surface area is 151 Å². The number of carbonyl (C=O) groups excluding carboxylic acids is 1. The van der Waals surface area contributed by atoms with Crippen molar-refractivity contribution < 1.29 is 9.32 Å². The number of hydrogen-bond donors (Lipinski definition) is 0. The molecule has 0 saturated carbocycles. The van der Waals surface area contributed by atoms with E-state index in [2.05, 4.69) is 17.1 Å². The van der Waals surface area contributed by atoms with Crippen LogP contribution in [0.25, 0.3) is 11.4 Å². The van der Waals surface area contributed by atoms with Gasteiger partial charge in [0.1, 0.15) is 0 Å². The second-order valence-corrected chi connectivity index (χ2v) is 6.70. The van der Waals surface area contributed by atoms with E-state index in [1.54, 1.807) is 0 Å². The predicted molar refractivity (Wildman–Crippen MR) is 98.6 cm³/mol. The lowest BCUT2D eigenvalue weighted by molar-refractivity contribution is 0.0757. The molecule has 1 aromatic carbocycles. The van der Waals surface area contributed by atoms with Gasteiger partial charge in [-0.3, -0.25) is 4.79 Å². The summed E-state index contributed by atoms with van der Waals surface area (Å²) in [4.78, 5) is 19.7. The Hall–Kier alpha value is -2.47. The number of carbonyl (C=O) groups is 1. The molecule has 1 amide bonds. The molecule has 0 unspecified atom stereocenters. The molecule has 0 aliphatic heterocycles. The SMILES string of the molecule is CCCCN(CCc1nc(-c2ccccc2)no1)C(=O)c1cccs1. The number of unbranched alkanes of at least 4 members (excludes halogenated alkanes) is 1. The number of rotatable bonds is 8. The lowest BCUT2D eigenvalue weighted by Crippen LogP contribution is -2.33. The van der Waals surface area contributed by atoms with Crippen molar-refractivity contribution in [3.8, 4) is 11.4 Å². The molecule has 130 valence electrons. The highest BCUT2D eigenvalue weighted by Crippen LogP contribution is 2.16. The molecule has 0 fully saturated rings. The molecule has 0 aliphatic rings. The summed E-state index contributed by atoms with van der Waals surface area (Å²) in [7, 11) is 0. The van der Waals surface area contributed by atoms with Gasteiger partial charge in [-0.25, -0.2) is 0 Å². The smallest absolute Gasteiger partial charge is 0.263 e. The van der Waals surface area contributed by atoms with Gasteiger partial charge in [-0.05, 0) is 17.9 Å². The summed E-state index contributed by atoms with van der Waals surface area (Å²) in [5.41, 5.74) is 0.926. The first-order valence-electron chi connectivity index (χ1n) is 8.48. The van der Waals surface area contributed by atoms with Gasteiger partial charge >= 0.3 is 0 Å². The van der Waals surface area contributed by atoms with E-state index >= 15 is 0 Å². The number of thiophene rings is 1. The fourth-order valence-corrected chi connectivity index (χ4v) is 3.20. The maximum Gasteiger partial charge on any atom is 0.263 e. The van der Waals surface area contributed by atoms with Crippen molar-refractivity contribution in [3.63, 3.8) is 0 Å². The molecule has 2 aromatic heterocycles. The molecule has 0 bridgehead atoms. The number of benzene rings is 1. The Morgan fingerprint density at radius 1 is 1.16 bits per heavy atom. The number of hydrogen-bond acceptors (Lipinski definition) is 5. The minimum absolute atomic E-state index is 0.0752. The summed E-state index contributed by atoms with van der Waals surface area (Å²) in [5.74, 6) is 1.21. The summed E-state index contributed by atoms with van der Waals surface area (Å²) in [6.07, 6.45) is 2.59. The van der Waals surface area contributed by atoms with Gasteiger partial charge in [0.25, 0.3) is 5.91 Å². The minimum atomic E-state index is 0.0752. The largest absolute Gasteiger partial charge is 0.339 e. The highest BCUT2D eigenvalue weighted by atomic mass is 32.1. The van der Waals surface area contributed by atoms with Gasteiger partial charge in [-0.2, -0.15) is 4.98 Å². The molecule has 0 radical (unpaired) electrons. The van der Waals surface area contributed by atoms with Gasteiger partial charge in [-0.1, -0.05) is 54.9 Å². The molecule has 3 aromatic rings. The van der Waals surface area contributed by atoms with Crippen LogP contribution in [0.4, 0.5) is 0 Å². The van der Waals surface area contributed by atoms with E-state index in [1.165, 1.54) is 11.3 Å². The minimum Gasteiger partial charge on any atom is -0.339 e. The first-order chi connectivity index (χ1) is 12.3. The van der Waals surface area contributed by atoms with E-state index in [4.69, 9.17) is 4.52 Å². The van der Waals surface area contributed by atoms with Crippen LogP contribution < -0.4 is 0 Å². The second-order valence-electron chi connectivity index (χ2n) is 5.75. The average molecular weight is 355 g/mol. The van der Waals surface area contributed by atoms with Crippen LogP contribution in [0, 0.1) is 0 Å². The van der Waals surface area contributed by atoms with Crippen LogP contribution in [-0.4, -0.2) is 34.0 Å². The Morgan fingerprint density at radius 2 is 2.00 bits per heavy atom. The van der Waals surface area contributed by atoms with Gasteiger partial charge in [0.2, 0.25) is 11.7 Å². The monoisotopic (exact) mass is 355 g/mol. The third-order valence-electron chi connectivity index (χ3n) is 3.90. The highest BCUT2D eigenvalue weighted by molar-refractivity contribution is 7.12. The zero-order valence-electron chi connectivity index (χ0n) is 14.2. The summed E-state index contributed by atoms with van der Waals surface area (Å²) in [6.45, 7) is 3.44. The Morgan fingerprint density at radius 3 is 2.72 bits per heavy atom. The summed E-state index contributed by atoms with van der Waals surface area (Å²) < 4.78 is 5.35. The zero-order chi connectivity index (χ0) is 17.5. The van der Waals surface area contributed by atoms with Crippen LogP contribution in [0.15, 0.2) is 52.4 Å². The number of nitrogens with zero attached hydrogens (tertiary/aromatic N) is 3. The summed E-state index contributed by atoms with van der Waals surface area (Å²) in [6, 6.07) is 13.5. The Kier molecular flexibility index (Phi) is 5.95. The normalized spacial score (nSPS) is 10.8. The van der Waals surface area contributed by atoms with Crippen molar-refractivity contribution in [2.45, 2.75) is 26.2 Å². The molecule has 0 atom stereocenters. The van der Waals surface area contributed by atoms with Gasteiger partial charge in [0, 0.05) is 25.1 Å². The second kappa shape index (κ2) is 8.58. The first kappa shape index (κ1) is 17.4. The first-order valence-corrected chi connectivity index (χ1v) is 9.36. The van der Waals surface area contributed by atoms with E-state index in [9.17, 15) is 4.79 Å². The number of amides is 1. The molecular weight excluding hydrogens is 334 g/mol.